The lowest BCUT2D eigenvalue weighted by Crippen LogP contribution is -2.59. The van der Waals surface area contributed by atoms with Gasteiger partial charge in [0.05, 0.1) is 18.7 Å². The predicted octanol–water partition coefficient (Wildman–Crippen LogP) is -0.190. The van der Waals surface area contributed by atoms with Crippen LogP contribution in [0.15, 0.2) is 30.0 Å². The minimum Gasteiger partial charge on any atom is -0.478 e. The van der Waals surface area contributed by atoms with E-state index in [0.29, 0.717) is 0 Å². The van der Waals surface area contributed by atoms with Crippen molar-refractivity contribution in [3.8, 4) is 6.07 Å². The molecule has 0 saturated heterocycles. The predicted molar refractivity (Wildman–Crippen MR) is 110 cm³/mol. The number of fused-ring (bicyclic) bond motifs is 1. The Labute approximate surface area is 187 Å². The van der Waals surface area contributed by atoms with Crippen LogP contribution in [-0.2, 0) is 14.3 Å². The maximum absolute atomic E-state index is 14.4. The van der Waals surface area contributed by atoms with Gasteiger partial charge in [-0.3, -0.25) is 4.79 Å². The van der Waals surface area contributed by atoms with E-state index in [0.717, 1.165) is 16.8 Å². The Morgan fingerprint density at radius 1 is 1.36 bits per heavy atom. The first kappa shape index (κ1) is 24.1. The number of ether oxygens (including phenoxy) is 1. The lowest BCUT2D eigenvalue weighted by molar-refractivity contribution is -0.147. The molecule has 33 heavy (non-hydrogen) atoms. The SMILES string of the molecule is CC(C)C(=O)N[C@H]1[C@H]([C@H](O)[C@H](O)CO)OC(C(=O)O)=C[C@@H]1n1nc2c(F)cccc2c1C#N. The molecule has 0 fully saturated rings. The van der Waals surface area contributed by atoms with E-state index in [4.69, 9.17) is 4.74 Å². The molecule has 5 atom stereocenters. The number of hydrogen-bond donors (Lipinski definition) is 5. The van der Waals surface area contributed by atoms with Crippen molar-refractivity contribution in [1.29, 1.82) is 5.26 Å². The number of aliphatic hydroxyl groups excluding tert-OH is 3. The third-order valence-electron chi connectivity index (χ3n) is 5.34. The first-order valence-electron chi connectivity index (χ1n) is 10.1. The van der Waals surface area contributed by atoms with Gasteiger partial charge in [-0.15, -0.1) is 0 Å². The number of carboxylic acids is 1. The van der Waals surface area contributed by atoms with E-state index in [1.54, 1.807) is 13.8 Å². The Kier molecular flexibility index (Phi) is 6.97. The average molecular weight is 462 g/mol. The Hall–Kier alpha value is -3.53. The van der Waals surface area contributed by atoms with Crippen LogP contribution < -0.4 is 5.32 Å². The summed E-state index contributed by atoms with van der Waals surface area (Å²) in [6.45, 7) is 2.32. The summed E-state index contributed by atoms with van der Waals surface area (Å²) in [6, 6.07) is 3.44. The van der Waals surface area contributed by atoms with Gasteiger partial charge in [0.15, 0.2) is 5.82 Å². The Balaban J connectivity index is 2.24. The number of halogens is 1. The van der Waals surface area contributed by atoms with Crippen molar-refractivity contribution >= 4 is 22.8 Å². The number of rotatable bonds is 7. The molecule has 1 aromatic carbocycles. The van der Waals surface area contributed by atoms with Gasteiger partial charge in [0.25, 0.3) is 0 Å². The molecule has 1 aliphatic heterocycles. The highest BCUT2D eigenvalue weighted by Crippen LogP contribution is 2.33. The van der Waals surface area contributed by atoms with Gasteiger partial charge >= 0.3 is 5.97 Å². The van der Waals surface area contributed by atoms with Gasteiger partial charge in [0.2, 0.25) is 11.7 Å². The summed E-state index contributed by atoms with van der Waals surface area (Å²) in [5.41, 5.74) is -0.260. The van der Waals surface area contributed by atoms with Crippen molar-refractivity contribution in [3.05, 3.63) is 41.5 Å². The first-order chi connectivity index (χ1) is 15.6. The molecule has 2 heterocycles. The van der Waals surface area contributed by atoms with E-state index in [-0.39, 0.29) is 16.6 Å². The molecule has 2 aromatic rings. The van der Waals surface area contributed by atoms with Gasteiger partial charge in [-0.25, -0.2) is 13.9 Å². The summed E-state index contributed by atoms with van der Waals surface area (Å²) in [6.07, 6.45) is -4.04. The van der Waals surface area contributed by atoms with E-state index in [1.165, 1.54) is 12.1 Å². The van der Waals surface area contributed by atoms with Gasteiger partial charge in [0, 0.05) is 11.3 Å². The number of nitrogens with one attached hydrogen (secondary N) is 1. The molecule has 1 amide bonds. The third-order valence-corrected chi connectivity index (χ3v) is 5.34. The van der Waals surface area contributed by atoms with Crippen LogP contribution in [0.3, 0.4) is 0 Å². The smallest absolute Gasteiger partial charge is 0.370 e. The van der Waals surface area contributed by atoms with Crippen LogP contribution in [0.1, 0.15) is 25.6 Å². The number of carbonyl (C=O) groups excluding carboxylic acids is 1. The number of aliphatic carboxylic acids is 1. The minimum atomic E-state index is -1.83. The van der Waals surface area contributed by atoms with Crippen LogP contribution in [-0.4, -0.2) is 73.0 Å². The number of benzene rings is 1. The van der Waals surface area contributed by atoms with Crippen molar-refractivity contribution in [2.75, 3.05) is 6.61 Å². The Morgan fingerprint density at radius 3 is 2.64 bits per heavy atom. The fraction of sp³-hybridized carbons (Fsp3) is 0.429. The molecule has 0 spiro atoms. The summed E-state index contributed by atoms with van der Waals surface area (Å²) in [7, 11) is 0. The molecule has 0 bridgehead atoms. The van der Waals surface area contributed by atoms with Crippen molar-refractivity contribution in [3.63, 3.8) is 0 Å². The molecular weight excluding hydrogens is 439 g/mol. The maximum atomic E-state index is 14.4. The van der Waals surface area contributed by atoms with Gasteiger partial charge < -0.3 is 30.5 Å². The van der Waals surface area contributed by atoms with Crippen molar-refractivity contribution in [2.24, 2.45) is 5.92 Å². The van der Waals surface area contributed by atoms with E-state index < -0.39 is 66.4 Å². The zero-order valence-electron chi connectivity index (χ0n) is 17.7. The van der Waals surface area contributed by atoms with Crippen molar-refractivity contribution in [1.82, 2.24) is 15.1 Å². The summed E-state index contributed by atoms with van der Waals surface area (Å²) in [5.74, 6) is -3.91. The molecule has 0 radical (unpaired) electrons. The first-order valence-corrected chi connectivity index (χ1v) is 10.1. The second-order valence-electron chi connectivity index (χ2n) is 7.88. The summed E-state index contributed by atoms with van der Waals surface area (Å²) >= 11 is 0. The van der Waals surface area contributed by atoms with E-state index in [2.05, 4.69) is 10.4 Å². The standard InChI is InChI=1S/C21H23FN4O7/c1-9(2)20(30)24-17-12(6-15(21(31)32)33-19(17)18(29)14(28)8-27)26-13(7-23)10-4-3-5-11(22)16(10)25-26/h3-6,9,12,14,17-19,27-29H,8H2,1-2H3,(H,24,30)(H,31,32)/t12-,14+,17+,18+,19+/m0/s1. The fourth-order valence-electron chi connectivity index (χ4n) is 3.58. The molecule has 0 aliphatic carbocycles. The van der Waals surface area contributed by atoms with Crippen LogP contribution in [0, 0.1) is 23.1 Å². The number of carboxylic acid groups (broad SMARTS) is 1. The van der Waals surface area contributed by atoms with Crippen LogP contribution in [0.2, 0.25) is 0 Å². The van der Waals surface area contributed by atoms with Gasteiger partial charge in [0.1, 0.15) is 35.6 Å². The highest BCUT2D eigenvalue weighted by Gasteiger charge is 2.45. The van der Waals surface area contributed by atoms with Crippen LogP contribution >= 0.6 is 0 Å². The quantitative estimate of drug-likeness (QED) is 0.373. The zero-order valence-corrected chi connectivity index (χ0v) is 17.7. The summed E-state index contributed by atoms with van der Waals surface area (Å²) in [5, 5.41) is 56.1. The number of nitrogens with zero attached hydrogens (tertiary/aromatic N) is 3. The second-order valence-corrected chi connectivity index (χ2v) is 7.88. The number of nitriles is 1. The molecule has 11 nitrogen and oxygen atoms in total. The lowest BCUT2D eigenvalue weighted by atomic mass is 9.91. The number of hydrogen-bond acceptors (Lipinski definition) is 8. The van der Waals surface area contributed by atoms with Gasteiger partial charge in [-0.05, 0) is 18.2 Å². The topological polar surface area (TPSA) is 178 Å². The second kappa shape index (κ2) is 9.53. The van der Waals surface area contributed by atoms with E-state index in [9.17, 15) is 39.7 Å². The Morgan fingerprint density at radius 2 is 2.06 bits per heavy atom. The van der Waals surface area contributed by atoms with Crippen LogP contribution in [0.25, 0.3) is 10.9 Å². The van der Waals surface area contributed by atoms with Crippen molar-refractivity contribution < 1.29 is 39.1 Å². The van der Waals surface area contributed by atoms with Gasteiger partial charge in [-0.2, -0.15) is 10.4 Å². The molecule has 1 aromatic heterocycles. The lowest BCUT2D eigenvalue weighted by Gasteiger charge is -2.40. The highest BCUT2D eigenvalue weighted by atomic mass is 19.1. The molecule has 1 aliphatic rings. The molecule has 0 saturated carbocycles. The van der Waals surface area contributed by atoms with Crippen LogP contribution in [0.4, 0.5) is 4.39 Å². The molecular formula is C21H23FN4O7. The normalized spacial score (nSPS) is 22.2. The van der Waals surface area contributed by atoms with Crippen molar-refractivity contribution in [2.45, 2.75) is 44.2 Å². The van der Waals surface area contributed by atoms with Gasteiger partial charge in [-0.1, -0.05) is 19.9 Å². The van der Waals surface area contributed by atoms with E-state index in [1.807, 2.05) is 6.07 Å². The van der Waals surface area contributed by atoms with Crippen LogP contribution in [0.5, 0.6) is 0 Å². The number of aromatic nitrogens is 2. The summed E-state index contributed by atoms with van der Waals surface area (Å²) in [4.78, 5) is 24.3. The summed E-state index contributed by atoms with van der Waals surface area (Å²) < 4.78 is 20.8. The average Bonchev–Trinajstić information content (AvgIpc) is 3.17. The molecule has 5 N–H and O–H groups in total. The molecule has 0 unspecified atom stereocenters. The Bertz CT molecular complexity index is 1140. The highest BCUT2D eigenvalue weighted by molar-refractivity contribution is 5.86. The molecule has 12 heteroatoms. The monoisotopic (exact) mass is 462 g/mol. The number of amides is 1. The van der Waals surface area contributed by atoms with E-state index >= 15 is 0 Å². The minimum absolute atomic E-state index is 0.114. The maximum Gasteiger partial charge on any atom is 0.370 e. The number of carbonyl (C=O) groups is 2. The fourth-order valence-corrected chi connectivity index (χ4v) is 3.58. The molecule has 176 valence electrons. The molecule has 3 rings (SSSR count). The zero-order chi connectivity index (χ0) is 24.4. The largest absolute Gasteiger partial charge is 0.478 e. The number of aliphatic hydroxyl groups is 3. The third kappa shape index (κ3) is 4.51.